The van der Waals surface area contributed by atoms with E-state index in [0.29, 0.717) is 0 Å². The second-order valence-corrected chi connectivity index (χ2v) is 2.32. The van der Waals surface area contributed by atoms with Crippen molar-refractivity contribution in [3.05, 3.63) is 6.20 Å². The van der Waals surface area contributed by atoms with E-state index >= 15 is 0 Å². The Balaban J connectivity index is 2.84. The molecule has 0 aliphatic rings. The maximum absolute atomic E-state index is 3.94. The lowest BCUT2D eigenvalue weighted by Crippen LogP contribution is -2.28. The third-order valence-corrected chi connectivity index (χ3v) is 1.45. The number of aromatic nitrogens is 3. The van der Waals surface area contributed by atoms with E-state index in [0.717, 1.165) is 5.03 Å². The van der Waals surface area contributed by atoms with Crippen LogP contribution in [0.3, 0.4) is 0 Å². The molecular formula is C4H8N3S+. The zero-order valence-electron chi connectivity index (χ0n) is 4.88. The lowest BCUT2D eigenvalue weighted by Gasteiger charge is -1.69. The first-order valence-electron chi connectivity index (χ1n) is 2.28. The third-order valence-electron chi connectivity index (χ3n) is 0.831. The summed E-state index contributed by atoms with van der Waals surface area (Å²) in [5, 5.41) is 7.72. The fourth-order valence-electron chi connectivity index (χ4n) is 0.450. The number of hydrogen-bond donors (Lipinski definition) is 1. The van der Waals surface area contributed by atoms with Gasteiger partial charge in [-0.15, -0.1) is 0 Å². The number of rotatable bonds is 1. The summed E-state index contributed by atoms with van der Waals surface area (Å²) in [6.07, 6.45) is 3.93. The second kappa shape index (κ2) is 2.17. The smallest absolute Gasteiger partial charge is 0.165 e. The molecule has 0 saturated carbocycles. The molecule has 0 spiro atoms. The highest BCUT2D eigenvalue weighted by Crippen LogP contribution is 2.04. The van der Waals surface area contributed by atoms with Crippen LogP contribution >= 0.6 is 11.8 Å². The molecule has 0 aliphatic heterocycles. The number of aryl methyl sites for hydroxylation is 1. The highest BCUT2D eigenvalue weighted by molar-refractivity contribution is 7.98. The number of nitrogens with zero attached hydrogens (tertiary/aromatic N) is 2. The molecular weight excluding hydrogens is 122 g/mol. The Bertz CT molecular complexity index is 172. The Hall–Kier alpha value is -0.510. The van der Waals surface area contributed by atoms with E-state index in [-0.39, 0.29) is 0 Å². The summed E-state index contributed by atoms with van der Waals surface area (Å²) in [5.74, 6) is 0. The van der Waals surface area contributed by atoms with Gasteiger partial charge in [0.15, 0.2) is 6.20 Å². The van der Waals surface area contributed by atoms with Crippen molar-refractivity contribution in [2.45, 2.75) is 5.03 Å². The van der Waals surface area contributed by atoms with Crippen molar-refractivity contribution >= 4 is 11.8 Å². The largest absolute Gasteiger partial charge is 0.274 e. The van der Waals surface area contributed by atoms with Gasteiger partial charge in [-0.3, -0.25) is 0 Å². The van der Waals surface area contributed by atoms with Gasteiger partial charge in [0.05, 0.1) is 5.10 Å². The zero-order chi connectivity index (χ0) is 5.98. The maximum Gasteiger partial charge on any atom is 0.274 e. The van der Waals surface area contributed by atoms with Crippen LogP contribution in [0.25, 0.3) is 0 Å². The zero-order valence-corrected chi connectivity index (χ0v) is 5.70. The minimum absolute atomic E-state index is 1.02. The van der Waals surface area contributed by atoms with Crippen LogP contribution < -0.4 is 4.68 Å². The highest BCUT2D eigenvalue weighted by Gasteiger charge is 2.00. The fraction of sp³-hybridized carbons (Fsp3) is 0.500. The summed E-state index contributed by atoms with van der Waals surface area (Å²) < 4.78 is 1.81. The van der Waals surface area contributed by atoms with Crippen molar-refractivity contribution in [1.29, 1.82) is 0 Å². The molecule has 0 fully saturated rings. The van der Waals surface area contributed by atoms with Crippen LogP contribution in [0, 0.1) is 0 Å². The minimum atomic E-state index is 1.02. The summed E-state index contributed by atoms with van der Waals surface area (Å²) in [6, 6.07) is 0. The molecule has 1 aromatic rings. The van der Waals surface area contributed by atoms with Crippen LogP contribution in [-0.2, 0) is 7.05 Å². The van der Waals surface area contributed by atoms with Crippen LogP contribution in [0.5, 0.6) is 0 Å². The number of nitrogens with one attached hydrogen (secondary N) is 1. The third kappa shape index (κ3) is 1.01. The molecule has 8 heavy (non-hydrogen) atoms. The molecule has 0 saturated heterocycles. The maximum atomic E-state index is 3.94. The Morgan fingerprint density at radius 2 is 2.62 bits per heavy atom. The standard InChI is InChI=1S/C4H7N3S/c1-7-3-4(8-2)5-6-7/h3H,1-2H3/p+1. The first kappa shape index (κ1) is 5.62. The molecule has 0 unspecified atom stereocenters. The van der Waals surface area contributed by atoms with Gasteiger partial charge >= 0.3 is 0 Å². The normalized spacial score (nSPS) is 9.75. The predicted octanol–water partition coefficient (Wildman–Crippen LogP) is -0.0439. The van der Waals surface area contributed by atoms with Gasteiger partial charge in [0, 0.05) is 0 Å². The summed E-state index contributed by atoms with van der Waals surface area (Å²) >= 11 is 1.63. The van der Waals surface area contributed by atoms with Crippen LogP contribution in [0.15, 0.2) is 11.2 Å². The molecule has 0 bridgehead atoms. The van der Waals surface area contributed by atoms with E-state index in [9.17, 15) is 0 Å². The Labute approximate surface area is 52.1 Å². The van der Waals surface area contributed by atoms with E-state index in [2.05, 4.69) is 10.3 Å². The number of H-pyrrole nitrogens is 1. The van der Waals surface area contributed by atoms with E-state index in [1.54, 1.807) is 11.8 Å². The van der Waals surface area contributed by atoms with Gasteiger partial charge in [0.25, 0.3) is 5.03 Å². The molecule has 3 nitrogen and oxygen atoms in total. The fourth-order valence-corrected chi connectivity index (χ4v) is 0.846. The van der Waals surface area contributed by atoms with Gasteiger partial charge in [-0.1, -0.05) is 17.0 Å². The van der Waals surface area contributed by atoms with Crippen LogP contribution in [0.2, 0.25) is 0 Å². The van der Waals surface area contributed by atoms with Gasteiger partial charge in [0.1, 0.15) is 7.05 Å². The molecule has 44 valence electrons. The van der Waals surface area contributed by atoms with Crippen LogP contribution in [-0.4, -0.2) is 16.6 Å². The Morgan fingerprint density at radius 3 is 2.88 bits per heavy atom. The van der Waals surface area contributed by atoms with Crippen molar-refractivity contribution in [2.75, 3.05) is 6.26 Å². The monoisotopic (exact) mass is 130 g/mol. The van der Waals surface area contributed by atoms with Gasteiger partial charge in [0.2, 0.25) is 0 Å². The number of thioether (sulfide) groups is 1. The average Bonchev–Trinajstić information content (AvgIpc) is 2.14. The summed E-state index contributed by atoms with van der Waals surface area (Å²) in [6.45, 7) is 0. The molecule has 0 aromatic carbocycles. The van der Waals surface area contributed by atoms with E-state index in [1.807, 2.05) is 24.2 Å². The number of aromatic amines is 1. The summed E-state index contributed by atoms with van der Waals surface area (Å²) in [5.41, 5.74) is 0. The van der Waals surface area contributed by atoms with E-state index < -0.39 is 0 Å². The van der Waals surface area contributed by atoms with Crippen LogP contribution in [0.1, 0.15) is 0 Å². The summed E-state index contributed by atoms with van der Waals surface area (Å²) in [7, 11) is 1.91. The van der Waals surface area contributed by atoms with E-state index in [1.165, 1.54) is 0 Å². The topological polar surface area (TPSA) is 32.6 Å². The minimum Gasteiger partial charge on any atom is -0.165 e. The molecule has 0 radical (unpaired) electrons. The highest BCUT2D eigenvalue weighted by atomic mass is 32.2. The van der Waals surface area contributed by atoms with E-state index in [4.69, 9.17) is 0 Å². The van der Waals surface area contributed by atoms with Gasteiger partial charge in [-0.25, -0.2) is 0 Å². The van der Waals surface area contributed by atoms with Crippen molar-refractivity contribution < 1.29 is 4.68 Å². The average molecular weight is 130 g/mol. The van der Waals surface area contributed by atoms with Crippen LogP contribution in [0.4, 0.5) is 0 Å². The van der Waals surface area contributed by atoms with Crippen molar-refractivity contribution in [1.82, 2.24) is 10.3 Å². The Morgan fingerprint density at radius 1 is 1.88 bits per heavy atom. The first-order chi connectivity index (χ1) is 3.83. The van der Waals surface area contributed by atoms with Crippen molar-refractivity contribution in [2.24, 2.45) is 7.05 Å². The molecule has 1 rings (SSSR count). The van der Waals surface area contributed by atoms with Gasteiger partial charge in [-0.2, -0.15) is 4.68 Å². The molecule has 0 aliphatic carbocycles. The van der Waals surface area contributed by atoms with Gasteiger partial charge in [-0.05, 0) is 6.26 Å². The Kier molecular flexibility index (Phi) is 1.53. The molecule has 1 aromatic heterocycles. The molecule has 0 amide bonds. The van der Waals surface area contributed by atoms with Gasteiger partial charge < -0.3 is 0 Å². The SMILES string of the molecule is CSc1c[n+](C)[nH]n1. The lowest BCUT2D eigenvalue weighted by atomic mass is 10.9. The predicted molar refractivity (Wildman–Crippen MR) is 31.5 cm³/mol. The molecule has 1 heterocycles. The first-order valence-corrected chi connectivity index (χ1v) is 3.50. The van der Waals surface area contributed by atoms with Crippen molar-refractivity contribution in [3.8, 4) is 0 Å². The lowest BCUT2D eigenvalue weighted by molar-refractivity contribution is -0.731. The summed E-state index contributed by atoms with van der Waals surface area (Å²) in [4.78, 5) is 0. The number of hydrogen-bond acceptors (Lipinski definition) is 2. The molecule has 4 heteroatoms. The second-order valence-electron chi connectivity index (χ2n) is 1.49. The molecule has 1 N–H and O–H groups in total. The van der Waals surface area contributed by atoms with Crippen molar-refractivity contribution in [3.63, 3.8) is 0 Å². The quantitative estimate of drug-likeness (QED) is 0.427. The molecule has 0 atom stereocenters.